The molecule has 0 spiro atoms. The minimum atomic E-state index is -0.312. The number of Topliss-reactive ketones (excluding diaryl/α,β-unsaturated/α-hetero) is 1. The molecule has 0 heterocycles. The highest BCUT2D eigenvalue weighted by atomic mass is 16.5. The monoisotopic (exact) mass is 387 g/mol. The van der Waals surface area contributed by atoms with E-state index in [0.29, 0.717) is 42.6 Å². The summed E-state index contributed by atoms with van der Waals surface area (Å²) >= 11 is 0. The highest BCUT2D eigenvalue weighted by Gasteiger charge is 2.12. The molecule has 7 nitrogen and oxygen atoms in total. The van der Waals surface area contributed by atoms with Crippen molar-refractivity contribution in [3.05, 3.63) is 48.0 Å². The zero-order valence-corrected chi connectivity index (χ0v) is 16.3. The van der Waals surface area contributed by atoms with Gasteiger partial charge in [-0.2, -0.15) is 0 Å². The van der Waals surface area contributed by atoms with Gasteiger partial charge in [-0.05, 0) is 50.2 Å². The molecule has 0 atom stereocenters. The first-order chi connectivity index (χ1) is 13.5. The van der Waals surface area contributed by atoms with Crippen molar-refractivity contribution in [1.29, 1.82) is 0 Å². The van der Waals surface area contributed by atoms with E-state index in [1.165, 1.54) is 14.0 Å². The average molecular weight is 387 g/mol. The number of ether oxygens (including phenoxy) is 4. The second kappa shape index (κ2) is 10.8. The van der Waals surface area contributed by atoms with Gasteiger partial charge in [0, 0.05) is 6.07 Å². The Morgan fingerprint density at radius 3 is 2.18 bits per heavy atom. The van der Waals surface area contributed by atoms with Gasteiger partial charge >= 0.3 is 0 Å². The van der Waals surface area contributed by atoms with Crippen LogP contribution in [0.1, 0.15) is 24.2 Å². The lowest BCUT2D eigenvalue weighted by molar-refractivity contribution is -0.123. The normalized spacial score (nSPS) is 10.1. The molecule has 2 rings (SSSR count). The van der Waals surface area contributed by atoms with Crippen molar-refractivity contribution in [1.82, 2.24) is 5.32 Å². The zero-order chi connectivity index (χ0) is 20.4. The van der Waals surface area contributed by atoms with Gasteiger partial charge < -0.3 is 24.3 Å². The van der Waals surface area contributed by atoms with Gasteiger partial charge in [-0.15, -0.1) is 0 Å². The van der Waals surface area contributed by atoms with Crippen molar-refractivity contribution < 1.29 is 28.5 Å². The lowest BCUT2D eigenvalue weighted by atomic mass is 10.1. The molecule has 7 heteroatoms. The van der Waals surface area contributed by atoms with Gasteiger partial charge in [-0.1, -0.05) is 0 Å². The Labute approximate surface area is 164 Å². The molecule has 0 saturated heterocycles. The summed E-state index contributed by atoms with van der Waals surface area (Å²) < 4.78 is 21.5. The number of ketones is 1. The fraction of sp³-hybridized carbons (Fsp3) is 0.333. The van der Waals surface area contributed by atoms with E-state index in [1.807, 2.05) is 31.2 Å². The second-order valence-corrected chi connectivity index (χ2v) is 5.81. The van der Waals surface area contributed by atoms with Crippen LogP contribution in [-0.2, 0) is 4.79 Å². The number of hydrogen-bond acceptors (Lipinski definition) is 6. The lowest BCUT2D eigenvalue weighted by Gasteiger charge is -2.12. The third-order valence-corrected chi connectivity index (χ3v) is 3.75. The van der Waals surface area contributed by atoms with Crippen molar-refractivity contribution in [2.24, 2.45) is 0 Å². The van der Waals surface area contributed by atoms with Crippen LogP contribution in [0, 0.1) is 0 Å². The maximum absolute atomic E-state index is 12.0. The zero-order valence-electron chi connectivity index (χ0n) is 16.3. The van der Waals surface area contributed by atoms with Crippen molar-refractivity contribution in [2.45, 2.75) is 13.8 Å². The van der Waals surface area contributed by atoms with Gasteiger partial charge in [-0.25, -0.2) is 0 Å². The smallest absolute Gasteiger partial charge is 0.258 e. The number of carbonyl (C=O) groups is 2. The number of benzene rings is 2. The van der Waals surface area contributed by atoms with Crippen LogP contribution in [0.2, 0.25) is 0 Å². The molecule has 0 aliphatic rings. The van der Waals surface area contributed by atoms with Crippen LogP contribution in [0.15, 0.2) is 42.5 Å². The van der Waals surface area contributed by atoms with E-state index in [9.17, 15) is 9.59 Å². The minimum absolute atomic E-state index is 0.151. The summed E-state index contributed by atoms with van der Waals surface area (Å²) in [7, 11) is 1.52. The van der Waals surface area contributed by atoms with E-state index in [2.05, 4.69) is 5.32 Å². The Morgan fingerprint density at radius 2 is 1.57 bits per heavy atom. The summed E-state index contributed by atoms with van der Waals surface area (Å²) in [6, 6.07) is 12.1. The number of amides is 1. The van der Waals surface area contributed by atoms with E-state index >= 15 is 0 Å². The summed E-state index contributed by atoms with van der Waals surface area (Å²) in [5.41, 5.74) is 0.396. The molecule has 2 aromatic rings. The molecule has 150 valence electrons. The van der Waals surface area contributed by atoms with Gasteiger partial charge in [0.25, 0.3) is 5.91 Å². The van der Waals surface area contributed by atoms with Gasteiger partial charge in [-0.3, -0.25) is 9.59 Å². The Kier molecular flexibility index (Phi) is 8.14. The highest BCUT2D eigenvalue weighted by molar-refractivity contribution is 5.97. The summed E-state index contributed by atoms with van der Waals surface area (Å²) in [5.74, 6) is 1.87. The Balaban J connectivity index is 1.75. The molecule has 1 N–H and O–H groups in total. The maximum atomic E-state index is 12.0. The van der Waals surface area contributed by atoms with Crippen LogP contribution < -0.4 is 24.3 Å². The molecule has 0 radical (unpaired) electrons. The molecule has 0 aliphatic heterocycles. The second-order valence-electron chi connectivity index (χ2n) is 5.81. The van der Waals surface area contributed by atoms with Crippen LogP contribution in [0.5, 0.6) is 23.0 Å². The molecule has 2 aromatic carbocycles. The lowest BCUT2D eigenvalue weighted by Crippen LogP contribution is -2.32. The van der Waals surface area contributed by atoms with Crippen molar-refractivity contribution in [3.8, 4) is 23.0 Å². The third-order valence-electron chi connectivity index (χ3n) is 3.75. The van der Waals surface area contributed by atoms with E-state index < -0.39 is 0 Å². The van der Waals surface area contributed by atoms with Crippen molar-refractivity contribution >= 4 is 11.7 Å². The number of methoxy groups -OCH3 is 1. The first kappa shape index (κ1) is 21.1. The Morgan fingerprint density at radius 1 is 0.929 bits per heavy atom. The van der Waals surface area contributed by atoms with Gasteiger partial charge in [0.2, 0.25) is 0 Å². The number of carbonyl (C=O) groups excluding carboxylic acids is 2. The number of nitrogens with one attached hydrogen (secondary N) is 1. The molecule has 0 bridgehead atoms. The van der Waals surface area contributed by atoms with Crippen LogP contribution in [0.25, 0.3) is 0 Å². The average Bonchev–Trinajstić information content (AvgIpc) is 2.70. The van der Waals surface area contributed by atoms with Gasteiger partial charge in [0.05, 0.1) is 25.8 Å². The molecular weight excluding hydrogens is 362 g/mol. The molecule has 0 unspecified atom stereocenters. The predicted octanol–water partition coefficient (Wildman–Crippen LogP) is 2.87. The maximum Gasteiger partial charge on any atom is 0.258 e. The Hall–Kier alpha value is -3.22. The summed E-state index contributed by atoms with van der Waals surface area (Å²) in [6.07, 6.45) is 0. The van der Waals surface area contributed by atoms with E-state index in [0.717, 1.165) is 5.75 Å². The molecule has 28 heavy (non-hydrogen) atoms. The topological polar surface area (TPSA) is 83.1 Å². The van der Waals surface area contributed by atoms with E-state index in [-0.39, 0.29) is 18.3 Å². The first-order valence-corrected chi connectivity index (χ1v) is 8.97. The fourth-order valence-electron chi connectivity index (χ4n) is 2.39. The molecular formula is C21H25NO6. The molecule has 1 amide bonds. The van der Waals surface area contributed by atoms with Crippen LogP contribution >= 0.6 is 0 Å². The minimum Gasteiger partial charge on any atom is -0.497 e. The summed E-state index contributed by atoms with van der Waals surface area (Å²) in [5, 5.41) is 2.70. The predicted molar refractivity (Wildman–Crippen MR) is 105 cm³/mol. The number of rotatable bonds is 11. The number of hydrogen-bond donors (Lipinski definition) is 1. The van der Waals surface area contributed by atoms with E-state index in [1.54, 1.807) is 18.2 Å². The highest BCUT2D eigenvalue weighted by Crippen LogP contribution is 2.25. The third kappa shape index (κ3) is 6.50. The van der Waals surface area contributed by atoms with Gasteiger partial charge in [0.15, 0.2) is 12.4 Å². The van der Waals surface area contributed by atoms with Crippen LogP contribution in [0.3, 0.4) is 0 Å². The molecule has 0 aromatic heterocycles. The van der Waals surface area contributed by atoms with Gasteiger partial charge in [0.1, 0.15) is 29.6 Å². The molecule has 0 saturated carbocycles. The van der Waals surface area contributed by atoms with E-state index in [4.69, 9.17) is 18.9 Å². The van der Waals surface area contributed by atoms with Crippen molar-refractivity contribution in [3.63, 3.8) is 0 Å². The van der Waals surface area contributed by atoms with Crippen molar-refractivity contribution in [2.75, 3.05) is 33.5 Å². The van der Waals surface area contributed by atoms with Crippen LogP contribution in [-0.4, -0.2) is 45.2 Å². The first-order valence-electron chi connectivity index (χ1n) is 8.97. The Bertz CT molecular complexity index is 788. The summed E-state index contributed by atoms with van der Waals surface area (Å²) in [4.78, 5) is 23.6. The SMILES string of the molecule is CCOc1ccc(OCCNC(=O)COc2cc(OC)ccc2C(C)=O)cc1. The summed E-state index contributed by atoms with van der Waals surface area (Å²) in [6.45, 7) is 4.40. The molecule has 0 fully saturated rings. The standard InChI is InChI=1S/C21H25NO6/c1-4-26-16-5-7-17(8-6-16)27-12-11-22-21(24)14-28-20-13-18(25-3)9-10-19(20)15(2)23/h5-10,13H,4,11-12,14H2,1-3H3,(H,22,24). The quantitative estimate of drug-likeness (QED) is 0.472. The molecule has 0 aliphatic carbocycles. The fourth-order valence-corrected chi connectivity index (χ4v) is 2.39. The van der Waals surface area contributed by atoms with Crippen LogP contribution in [0.4, 0.5) is 0 Å². The largest absolute Gasteiger partial charge is 0.497 e.